The van der Waals surface area contributed by atoms with E-state index < -0.39 is 0 Å². The predicted octanol–water partition coefficient (Wildman–Crippen LogP) is 1.95. The van der Waals surface area contributed by atoms with Gasteiger partial charge < -0.3 is 14.5 Å². The number of nitrogens with zero attached hydrogens (tertiary/aromatic N) is 1. The summed E-state index contributed by atoms with van der Waals surface area (Å²) < 4.78 is 11.3. The maximum absolute atomic E-state index is 5.86. The van der Waals surface area contributed by atoms with Gasteiger partial charge in [0.1, 0.15) is 5.76 Å². The van der Waals surface area contributed by atoms with Gasteiger partial charge in [-0.25, -0.2) is 4.98 Å². The second kappa shape index (κ2) is 4.78. The van der Waals surface area contributed by atoms with E-state index in [0.717, 1.165) is 50.1 Å². The number of aryl methyl sites for hydroxylation is 1. The van der Waals surface area contributed by atoms with Crippen LogP contribution in [0.1, 0.15) is 48.4 Å². The Bertz CT molecular complexity index is 377. The zero-order valence-electron chi connectivity index (χ0n) is 10.4. The first-order chi connectivity index (χ1) is 8.34. The van der Waals surface area contributed by atoms with Crippen molar-refractivity contribution in [1.82, 2.24) is 10.3 Å². The average molecular weight is 236 g/mol. The number of nitrogens with one attached hydrogen (secondary N) is 1. The maximum atomic E-state index is 5.86. The van der Waals surface area contributed by atoms with Crippen LogP contribution in [0.2, 0.25) is 0 Å². The Morgan fingerprint density at radius 3 is 2.94 bits per heavy atom. The SMILES string of the molecule is Cc1oc(C2CCCNC2)nc1C1CCOC1. The number of hydrogen-bond acceptors (Lipinski definition) is 4. The number of ether oxygens (including phenoxy) is 1. The molecule has 2 saturated heterocycles. The van der Waals surface area contributed by atoms with E-state index in [1.807, 2.05) is 6.92 Å². The summed E-state index contributed by atoms with van der Waals surface area (Å²) in [4.78, 5) is 4.73. The molecule has 2 aliphatic heterocycles. The van der Waals surface area contributed by atoms with E-state index in [1.165, 1.54) is 12.8 Å². The highest BCUT2D eigenvalue weighted by molar-refractivity contribution is 5.16. The monoisotopic (exact) mass is 236 g/mol. The van der Waals surface area contributed by atoms with Gasteiger partial charge in [0.25, 0.3) is 0 Å². The number of aromatic nitrogens is 1. The normalized spacial score (nSPS) is 29.7. The van der Waals surface area contributed by atoms with Gasteiger partial charge in [0.15, 0.2) is 5.89 Å². The van der Waals surface area contributed by atoms with Gasteiger partial charge in [-0.15, -0.1) is 0 Å². The Labute approximate surface area is 102 Å². The van der Waals surface area contributed by atoms with Crippen molar-refractivity contribution in [3.05, 3.63) is 17.3 Å². The van der Waals surface area contributed by atoms with Gasteiger partial charge in [0.05, 0.1) is 12.3 Å². The number of piperidine rings is 1. The smallest absolute Gasteiger partial charge is 0.199 e. The van der Waals surface area contributed by atoms with E-state index in [4.69, 9.17) is 14.1 Å². The van der Waals surface area contributed by atoms with Crippen molar-refractivity contribution < 1.29 is 9.15 Å². The molecule has 3 heterocycles. The molecule has 0 aromatic carbocycles. The molecule has 2 fully saturated rings. The molecule has 1 aromatic heterocycles. The van der Waals surface area contributed by atoms with Crippen molar-refractivity contribution in [2.24, 2.45) is 0 Å². The molecule has 2 unspecified atom stereocenters. The zero-order chi connectivity index (χ0) is 11.7. The first-order valence-corrected chi connectivity index (χ1v) is 6.60. The van der Waals surface area contributed by atoms with Crippen LogP contribution in [0, 0.1) is 6.92 Å². The third-order valence-corrected chi connectivity index (χ3v) is 3.81. The lowest BCUT2D eigenvalue weighted by Gasteiger charge is -2.19. The van der Waals surface area contributed by atoms with Gasteiger partial charge in [-0.1, -0.05) is 0 Å². The molecule has 17 heavy (non-hydrogen) atoms. The minimum absolute atomic E-state index is 0.448. The van der Waals surface area contributed by atoms with Gasteiger partial charge in [-0.2, -0.15) is 0 Å². The Morgan fingerprint density at radius 2 is 2.24 bits per heavy atom. The summed E-state index contributed by atoms with van der Waals surface area (Å²) in [6.45, 7) is 5.81. The van der Waals surface area contributed by atoms with Crippen LogP contribution in [-0.2, 0) is 4.74 Å². The molecule has 1 aromatic rings. The second-order valence-corrected chi connectivity index (χ2v) is 5.10. The van der Waals surface area contributed by atoms with Gasteiger partial charge in [0, 0.05) is 25.0 Å². The highest BCUT2D eigenvalue weighted by Gasteiger charge is 2.27. The van der Waals surface area contributed by atoms with Crippen LogP contribution in [0.4, 0.5) is 0 Å². The molecular formula is C13H20N2O2. The Kier molecular flexibility index (Phi) is 3.16. The number of rotatable bonds is 2. The summed E-state index contributed by atoms with van der Waals surface area (Å²) in [5.41, 5.74) is 1.13. The molecule has 2 aliphatic rings. The van der Waals surface area contributed by atoms with Crippen LogP contribution in [0.5, 0.6) is 0 Å². The lowest BCUT2D eigenvalue weighted by atomic mass is 9.99. The predicted molar refractivity (Wildman–Crippen MR) is 64.3 cm³/mol. The van der Waals surface area contributed by atoms with Gasteiger partial charge in [0.2, 0.25) is 0 Å². The highest BCUT2D eigenvalue weighted by Crippen LogP contribution is 2.31. The largest absolute Gasteiger partial charge is 0.445 e. The van der Waals surface area contributed by atoms with Gasteiger partial charge >= 0.3 is 0 Å². The highest BCUT2D eigenvalue weighted by atomic mass is 16.5. The Hall–Kier alpha value is -0.870. The molecule has 4 nitrogen and oxygen atoms in total. The average Bonchev–Trinajstić information content (AvgIpc) is 2.99. The fourth-order valence-corrected chi connectivity index (χ4v) is 2.80. The first kappa shape index (κ1) is 11.2. The lowest BCUT2D eigenvalue weighted by molar-refractivity contribution is 0.193. The zero-order valence-corrected chi connectivity index (χ0v) is 10.4. The summed E-state index contributed by atoms with van der Waals surface area (Å²) in [7, 11) is 0. The van der Waals surface area contributed by atoms with E-state index in [9.17, 15) is 0 Å². The first-order valence-electron chi connectivity index (χ1n) is 6.60. The Morgan fingerprint density at radius 1 is 1.29 bits per heavy atom. The van der Waals surface area contributed by atoms with Crippen LogP contribution >= 0.6 is 0 Å². The van der Waals surface area contributed by atoms with Crippen LogP contribution in [0.25, 0.3) is 0 Å². The summed E-state index contributed by atoms with van der Waals surface area (Å²) in [5.74, 6) is 2.82. The molecule has 3 rings (SSSR count). The molecule has 4 heteroatoms. The molecule has 0 aliphatic carbocycles. The van der Waals surface area contributed by atoms with E-state index in [2.05, 4.69) is 5.32 Å². The van der Waals surface area contributed by atoms with Crippen molar-refractivity contribution in [3.63, 3.8) is 0 Å². The molecule has 0 amide bonds. The lowest BCUT2D eigenvalue weighted by Crippen LogP contribution is -2.28. The topological polar surface area (TPSA) is 47.3 Å². The summed E-state index contributed by atoms with van der Waals surface area (Å²) in [5, 5.41) is 3.41. The van der Waals surface area contributed by atoms with Crippen molar-refractivity contribution in [3.8, 4) is 0 Å². The molecule has 0 radical (unpaired) electrons. The minimum Gasteiger partial charge on any atom is -0.445 e. The van der Waals surface area contributed by atoms with Crippen molar-refractivity contribution in [2.75, 3.05) is 26.3 Å². The van der Waals surface area contributed by atoms with Crippen LogP contribution in [0.3, 0.4) is 0 Å². The summed E-state index contributed by atoms with van der Waals surface area (Å²) in [6, 6.07) is 0. The standard InChI is InChI=1S/C13H20N2O2/c1-9-12(11-4-6-16-8-11)15-13(17-9)10-3-2-5-14-7-10/h10-11,14H,2-8H2,1H3. The molecule has 0 bridgehead atoms. The number of oxazole rings is 1. The van der Waals surface area contributed by atoms with Crippen molar-refractivity contribution in [1.29, 1.82) is 0 Å². The fraction of sp³-hybridized carbons (Fsp3) is 0.769. The quantitative estimate of drug-likeness (QED) is 0.852. The molecule has 0 spiro atoms. The Balaban J connectivity index is 1.79. The third-order valence-electron chi connectivity index (χ3n) is 3.81. The molecule has 0 saturated carbocycles. The summed E-state index contributed by atoms with van der Waals surface area (Å²) >= 11 is 0. The number of hydrogen-bond donors (Lipinski definition) is 1. The fourth-order valence-electron chi connectivity index (χ4n) is 2.80. The molecular weight excluding hydrogens is 216 g/mol. The minimum atomic E-state index is 0.448. The van der Waals surface area contributed by atoms with Gasteiger partial charge in [-0.05, 0) is 32.7 Å². The summed E-state index contributed by atoms with van der Waals surface area (Å²) in [6.07, 6.45) is 3.48. The maximum Gasteiger partial charge on any atom is 0.199 e. The molecule has 2 atom stereocenters. The van der Waals surface area contributed by atoms with Gasteiger partial charge in [-0.3, -0.25) is 0 Å². The van der Waals surface area contributed by atoms with Crippen LogP contribution in [-0.4, -0.2) is 31.3 Å². The third kappa shape index (κ3) is 2.24. The van der Waals surface area contributed by atoms with E-state index >= 15 is 0 Å². The molecule has 94 valence electrons. The van der Waals surface area contributed by atoms with E-state index in [-0.39, 0.29) is 0 Å². The van der Waals surface area contributed by atoms with Crippen molar-refractivity contribution in [2.45, 2.75) is 38.0 Å². The molecule has 1 N–H and O–H groups in total. The van der Waals surface area contributed by atoms with E-state index in [1.54, 1.807) is 0 Å². The second-order valence-electron chi connectivity index (χ2n) is 5.10. The van der Waals surface area contributed by atoms with Crippen LogP contribution in [0.15, 0.2) is 4.42 Å². The van der Waals surface area contributed by atoms with Crippen molar-refractivity contribution >= 4 is 0 Å². The van der Waals surface area contributed by atoms with Crippen LogP contribution < -0.4 is 5.32 Å². The van der Waals surface area contributed by atoms with E-state index in [0.29, 0.717) is 11.8 Å².